The number of hydrogen-bond donors (Lipinski definition) is 1. The Bertz CT molecular complexity index is 896. The lowest BCUT2D eigenvalue weighted by Crippen LogP contribution is -2.44. The molecule has 0 aliphatic carbocycles. The van der Waals surface area contributed by atoms with Crippen LogP contribution in [0.2, 0.25) is 5.02 Å². The van der Waals surface area contributed by atoms with Gasteiger partial charge in [-0.25, -0.2) is 0 Å². The van der Waals surface area contributed by atoms with Gasteiger partial charge in [0.05, 0.1) is 5.69 Å². The first-order chi connectivity index (χ1) is 12.8. The van der Waals surface area contributed by atoms with Crippen LogP contribution in [0.4, 0.5) is 11.4 Å². The molecule has 0 unspecified atom stereocenters. The van der Waals surface area contributed by atoms with Gasteiger partial charge in [0.2, 0.25) is 5.91 Å². The molecule has 0 atom stereocenters. The molecule has 0 saturated carbocycles. The zero-order chi connectivity index (χ0) is 19.6. The van der Waals surface area contributed by atoms with Crippen molar-refractivity contribution in [2.24, 2.45) is 0 Å². The number of halogens is 1. The molecule has 27 heavy (non-hydrogen) atoms. The van der Waals surface area contributed by atoms with E-state index in [9.17, 15) is 14.4 Å². The van der Waals surface area contributed by atoms with E-state index in [1.807, 2.05) is 0 Å². The largest absolute Gasteiger partial charge is 0.482 e. The number of rotatable bonds is 4. The van der Waals surface area contributed by atoms with Gasteiger partial charge < -0.3 is 15.0 Å². The number of likely N-dealkylation sites (N-methyl/N-ethyl adjacent to an activating group) is 1. The first kappa shape index (κ1) is 18.7. The molecule has 2 aromatic rings. The lowest BCUT2D eigenvalue weighted by Gasteiger charge is -2.30. The van der Waals surface area contributed by atoms with E-state index in [0.717, 1.165) is 0 Å². The summed E-state index contributed by atoms with van der Waals surface area (Å²) in [4.78, 5) is 39.6. The number of carbonyl (C=O) groups is 3. The number of nitrogens with one attached hydrogen (secondary N) is 1. The van der Waals surface area contributed by atoms with E-state index in [-0.39, 0.29) is 30.9 Å². The SMILES string of the molecule is CN(C)C(=O)CN1C(=O)COc2ccc(C(=O)Nc3ccc(Cl)cc3)cc21. The zero-order valence-electron chi connectivity index (χ0n) is 14.9. The number of nitrogens with zero attached hydrogens (tertiary/aromatic N) is 2. The molecule has 140 valence electrons. The highest BCUT2D eigenvalue weighted by Crippen LogP contribution is 2.33. The van der Waals surface area contributed by atoms with Crippen molar-refractivity contribution < 1.29 is 19.1 Å². The number of hydrogen-bond acceptors (Lipinski definition) is 4. The van der Waals surface area contributed by atoms with Crippen LogP contribution in [0.25, 0.3) is 0 Å². The number of fused-ring (bicyclic) bond motifs is 1. The Morgan fingerprint density at radius 3 is 2.56 bits per heavy atom. The van der Waals surface area contributed by atoms with E-state index < -0.39 is 0 Å². The molecule has 1 heterocycles. The Balaban J connectivity index is 1.86. The van der Waals surface area contributed by atoms with E-state index in [2.05, 4.69) is 5.32 Å². The predicted molar refractivity (Wildman–Crippen MR) is 102 cm³/mol. The maximum absolute atomic E-state index is 12.5. The van der Waals surface area contributed by atoms with Gasteiger partial charge in [-0.05, 0) is 42.5 Å². The van der Waals surface area contributed by atoms with Crippen LogP contribution in [0.15, 0.2) is 42.5 Å². The lowest BCUT2D eigenvalue weighted by molar-refractivity contribution is -0.130. The van der Waals surface area contributed by atoms with Crippen molar-refractivity contribution in [2.45, 2.75) is 0 Å². The molecule has 1 aliphatic rings. The van der Waals surface area contributed by atoms with Crippen LogP contribution in [0.1, 0.15) is 10.4 Å². The van der Waals surface area contributed by atoms with Gasteiger partial charge in [0, 0.05) is 30.4 Å². The second-order valence-electron chi connectivity index (χ2n) is 6.20. The third-order valence-corrected chi connectivity index (χ3v) is 4.31. The quantitative estimate of drug-likeness (QED) is 0.873. The minimum atomic E-state index is -0.350. The lowest BCUT2D eigenvalue weighted by atomic mass is 10.1. The standard InChI is InChI=1S/C19H18ClN3O4/c1-22(2)17(24)10-23-15-9-12(3-8-16(15)27-11-18(23)25)19(26)21-14-6-4-13(20)5-7-14/h3-9H,10-11H2,1-2H3,(H,21,26). The van der Waals surface area contributed by atoms with Crippen molar-refractivity contribution in [3.05, 3.63) is 53.1 Å². The van der Waals surface area contributed by atoms with Crippen molar-refractivity contribution >= 4 is 40.7 Å². The molecule has 0 fully saturated rings. The van der Waals surface area contributed by atoms with Gasteiger partial charge in [0.1, 0.15) is 12.3 Å². The Kier molecular flexibility index (Phi) is 5.32. The maximum atomic E-state index is 12.5. The number of carbonyl (C=O) groups excluding carboxylic acids is 3. The second kappa shape index (κ2) is 7.67. The average molecular weight is 388 g/mol. The molecule has 7 nitrogen and oxygen atoms in total. The average Bonchev–Trinajstić information content (AvgIpc) is 2.65. The second-order valence-corrected chi connectivity index (χ2v) is 6.64. The highest BCUT2D eigenvalue weighted by molar-refractivity contribution is 6.30. The predicted octanol–water partition coefficient (Wildman–Crippen LogP) is 2.41. The van der Waals surface area contributed by atoms with Gasteiger partial charge in [-0.2, -0.15) is 0 Å². The van der Waals surface area contributed by atoms with E-state index in [0.29, 0.717) is 27.7 Å². The molecule has 0 aromatic heterocycles. The number of anilines is 2. The molecule has 0 radical (unpaired) electrons. The van der Waals surface area contributed by atoms with E-state index >= 15 is 0 Å². The van der Waals surface area contributed by atoms with Crippen molar-refractivity contribution in [1.82, 2.24) is 4.90 Å². The Labute approximate surface area is 161 Å². The molecular formula is C19H18ClN3O4. The van der Waals surface area contributed by atoms with Crippen LogP contribution >= 0.6 is 11.6 Å². The van der Waals surface area contributed by atoms with Gasteiger partial charge in [-0.3, -0.25) is 19.3 Å². The molecule has 0 saturated heterocycles. The van der Waals surface area contributed by atoms with Crippen molar-refractivity contribution in [2.75, 3.05) is 37.5 Å². The van der Waals surface area contributed by atoms with Gasteiger partial charge in [0.25, 0.3) is 11.8 Å². The summed E-state index contributed by atoms with van der Waals surface area (Å²) in [6.07, 6.45) is 0. The molecule has 1 aliphatic heterocycles. The fraction of sp³-hybridized carbons (Fsp3) is 0.211. The van der Waals surface area contributed by atoms with Gasteiger partial charge >= 0.3 is 0 Å². The summed E-state index contributed by atoms with van der Waals surface area (Å²) in [7, 11) is 3.23. The fourth-order valence-corrected chi connectivity index (χ4v) is 2.66. The summed E-state index contributed by atoms with van der Waals surface area (Å²) in [5.74, 6) is -0.471. The van der Waals surface area contributed by atoms with Crippen molar-refractivity contribution in [3.8, 4) is 5.75 Å². The summed E-state index contributed by atoms with van der Waals surface area (Å²) in [6, 6.07) is 11.5. The van der Waals surface area contributed by atoms with Gasteiger partial charge in [-0.1, -0.05) is 11.6 Å². The minimum absolute atomic E-state index is 0.121. The third-order valence-electron chi connectivity index (χ3n) is 4.06. The molecule has 1 N–H and O–H groups in total. The van der Waals surface area contributed by atoms with Crippen molar-refractivity contribution in [3.63, 3.8) is 0 Å². The molecule has 3 amide bonds. The fourth-order valence-electron chi connectivity index (χ4n) is 2.53. The minimum Gasteiger partial charge on any atom is -0.482 e. The zero-order valence-corrected chi connectivity index (χ0v) is 15.6. The maximum Gasteiger partial charge on any atom is 0.265 e. The number of benzene rings is 2. The van der Waals surface area contributed by atoms with Gasteiger partial charge in [-0.15, -0.1) is 0 Å². The highest BCUT2D eigenvalue weighted by Gasteiger charge is 2.28. The van der Waals surface area contributed by atoms with Crippen LogP contribution in [-0.4, -0.2) is 49.9 Å². The summed E-state index contributed by atoms with van der Waals surface area (Å²) < 4.78 is 5.41. The van der Waals surface area contributed by atoms with Crippen LogP contribution in [0.5, 0.6) is 5.75 Å². The molecule has 0 bridgehead atoms. The topological polar surface area (TPSA) is 79.0 Å². The Morgan fingerprint density at radius 2 is 1.89 bits per heavy atom. The Morgan fingerprint density at radius 1 is 1.19 bits per heavy atom. The normalized spacial score (nSPS) is 12.9. The molecule has 8 heteroatoms. The van der Waals surface area contributed by atoms with E-state index in [1.165, 1.54) is 9.80 Å². The van der Waals surface area contributed by atoms with Crippen LogP contribution in [-0.2, 0) is 9.59 Å². The van der Waals surface area contributed by atoms with Crippen LogP contribution < -0.4 is 15.0 Å². The van der Waals surface area contributed by atoms with Crippen LogP contribution in [0, 0.1) is 0 Å². The summed E-state index contributed by atoms with van der Waals surface area (Å²) in [5.41, 5.74) is 1.32. The summed E-state index contributed by atoms with van der Waals surface area (Å²) in [6.45, 7) is -0.269. The smallest absolute Gasteiger partial charge is 0.265 e. The highest BCUT2D eigenvalue weighted by atomic mass is 35.5. The molecule has 0 spiro atoms. The molecular weight excluding hydrogens is 370 g/mol. The van der Waals surface area contributed by atoms with E-state index in [1.54, 1.807) is 56.6 Å². The van der Waals surface area contributed by atoms with Crippen LogP contribution in [0.3, 0.4) is 0 Å². The number of amides is 3. The van der Waals surface area contributed by atoms with Gasteiger partial charge in [0.15, 0.2) is 6.61 Å². The monoisotopic (exact) mass is 387 g/mol. The first-order valence-corrected chi connectivity index (χ1v) is 8.57. The number of ether oxygens (including phenoxy) is 1. The van der Waals surface area contributed by atoms with Crippen molar-refractivity contribution in [1.29, 1.82) is 0 Å². The third kappa shape index (κ3) is 4.20. The summed E-state index contributed by atoms with van der Waals surface area (Å²) >= 11 is 5.84. The summed E-state index contributed by atoms with van der Waals surface area (Å²) in [5, 5.41) is 3.33. The molecule has 3 rings (SSSR count). The first-order valence-electron chi connectivity index (χ1n) is 8.19. The van der Waals surface area contributed by atoms with E-state index in [4.69, 9.17) is 16.3 Å². The molecule has 2 aromatic carbocycles. The Hall–Kier alpha value is -3.06.